The van der Waals surface area contributed by atoms with E-state index < -0.39 is 0 Å². The highest BCUT2D eigenvalue weighted by molar-refractivity contribution is 6.32. The van der Waals surface area contributed by atoms with Crippen LogP contribution in [0.1, 0.15) is 24.1 Å². The maximum Gasteiger partial charge on any atom is 0.179 e. The van der Waals surface area contributed by atoms with Crippen LogP contribution in [0.5, 0.6) is 11.5 Å². The van der Waals surface area contributed by atoms with Crippen LogP contribution in [0.3, 0.4) is 0 Å². The standard InChI is InChI=1S/C18H22ClNO3/c1-3-23-18-15(19)9-13(10-17(18)22-2)11-20-16(12-21)14-7-5-4-6-8-14/h4-10,16,20-21H,3,11-12H2,1-2H3. The number of hydrogen-bond donors (Lipinski definition) is 2. The van der Waals surface area contributed by atoms with Crippen molar-refractivity contribution >= 4 is 11.6 Å². The molecule has 0 aliphatic rings. The highest BCUT2D eigenvalue weighted by Crippen LogP contribution is 2.36. The first-order valence-corrected chi connectivity index (χ1v) is 7.95. The molecule has 0 bridgehead atoms. The summed E-state index contributed by atoms with van der Waals surface area (Å²) >= 11 is 6.28. The van der Waals surface area contributed by atoms with Gasteiger partial charge in [-0.2, -0.15) is 0 Å². The molecule has 0 aliphatic carbocycles. The third-order valence-corrected chi connectivity index (χ3v) is 3.80. The Labute approximate surface area is 142 Å². The van der Waals surface area contributed by atoms with Gasteiger partial charge in [0.2, 0.25) is 0 Å². The fourth-order valence-corrected chi connectivity index (χ4v) is 2.66. The van der Waals surface area contributed by atoms with E-state index in [1.807, 2.05) is 49.4 Å². The Kier molecular flexibility index (Phi) is 6.71. The lowest BCUT2D eigenvalue weighted by Gasteiger charge is -2.18. The maximum absolute atomic E-state index is 9.59. The molecule has 1 unspecified atom stereocenters. The van der Waals surface area contributed by atoms with Gasteiger partial charge in [-0.05, 0) is 30.2 Å². The summed E-state index contributed by atoms with van der Waals surface area (Å²) in [5.41, 5.74) is 2.00. The number of ether oxygens (including phenoxy) is 2. The van der Waals surface area contributed by atoms with Gasteiger partial charge in [-0.25, -0.2) is 0 Å². The van der Waals surface area contributed by atoms with Crippen LogP contribution in [0, 0.1) is 0 Å². The van der Waals surface area contributed by atoms with Gasteiger partial charge >= 0.3 is 0 Å². The van der Waals surface area contributed by atoms with Gasteiger partial charge in [0.15, 0.2) is 11.5 Å². The van der Waals surface area contributed by atoms with Gasteiger partial charge < -0.3 is 19.9 Å². The molecule has 0 saturated carbocycles. The van der Waals surface area contributed by atoms with E-state index in [4.69, 9.17) is 21.1 Å². The number of halogens is 1. The molecule has 0 radical (unpaired) electrons. The Morgan fingerprint density at radius 3 is 2.57 bits per heavy atom. The highest BCUT2D eigenvalue weighted by Gasteiger charge is 2.13. The van der Waals surface area contributed by atoms with E-state index in [2.05, 4.69) is 5.32 Å². The Bertz CT molecular complexity index is 619. The Morgan fingerprint density at radius 1 is 1.22 bits per heavy atom. The van der Waals surface area contributed by atoms with E-state index in [9.17, 15) is 5.11 Å². The molecule has 0 saturated heterocycles. The number of aliphatic hydroxyl groups excluding tert-OH is 1. The lowest BCUT2D eigenvalue weighted by Crippen LogP contribution is -2.24. The van der Waals surface area contributed by atoms with Crippen LogP contribution >= 0.6 is 11.6 Å². The summed E-state index contributed by atoms with van der Waals surface area (Å²) in [5, 5.41) is 13.4. The second kappa shape index (κ2) is 8.77. The van der Waals surface area contributed by atoms with Crippen molar-refractivity contribution in [1.29, 1.82) is 0 Å². The van der Waals surface area contributed by atoms with Crippen LogP contribution in [-0.2, 0) is 6.54 Å². The molecule has 0 spiro atoms. The summed E-state index contributed by atoms with van der Waals surface area (Å²) in [6, 6.07) is 13.4. The molecule has 0 aliphatic heterocycles. The molecule has 23 heavy (non-hydrogen) atoms. The highest BCUT2D eigenvalue weighted by atomic mass is 35.5. The molecule has 0 heterocycles. The lowest BCUT2D eigenvalue weighted by atomic mass is 10.1. The van der Waals surface area contributed by atoms with Crippen molar-refractivity contribution in [3.05, 3.63) is 58.6 Å². The van der Waals surface area contributed by atoms with Crippen LogP contribution < -0.4 is 14.8 Å². The number of hydrogen-bond acceptors (Lipinski definition) is 4. The van der Waals surface area contributed by atoms with Crippen molar-refractivity contribution in [2.75, 3.05) is 20.3 Å². The maximum atomic E-state index is 9.59. The van der Waals surface area contributed by atoms with Crippen molar-refractivity contribution in [2.45, 2.75) is 19.5 Å². The van der Waals surface area contributed by atoms with Crippen molar-refractivity contribution in [3.8, 4) is 11.5 Å². The summed E-state index contributed by atoms with van der Waals surface area (Å²) < 4.78 is 10.9. The molecule has 2 N–H and O–H groups in total. The number of benzene rings is 2. The quantitative estimate of drug-likeness (QED) is 0.774. The van der Waals surface area contributed by atoms with Crippen LogP contribution in [0.4, 0.5) is 0 Å². The van der Waals surface area contributed by atoms with E-state index in [0.717, 1.165) is 11.1 Å². The van der Waals surface area contributed by atoms with Gasteiger partial charge in [-0.3, -0.25) is 0 Å². The van der Waals surface area contributed by atoms with Crippen molar-refractivity contribution in [2.24, 2.45) is 0 Å². The zero-order chi connectivity index (χ0) is 16.7. The van der Waals surface area contributed by atoms with E-state index >= 15 is 0 Å². The minimum atomic E-state index is -0.132. The fourth-order valence-electron chi connectivity index (χ4n) is 2.37. The molecular formula is C18H22ClNO3. The van der Waals surface area contributed by atoms with E-state index in [0.29, 0.717) is 29.7 Å². The minimum absolute atomic E-state index is 0.0198. The number of methoxy groups -OCH3 is 1. The molecule has 124 valence electrons. The van der Waals surface area contributed by atoms with Gasteiger partial charge in [-0.15, -0.1) is 0 Å². The summed E-state index contributed by atoms with van der Waals surface area (Å²) in [4.78, 5) is 0. The molecule has 1 atom stereocenters. The summed E-state index contributed by atoms with van der Waals surface area (Å²) in [5.74, 6) is 1.17. The molecule has 4 nitrogen and oxygen atoms in total. The third kappa shape index (κ3) is 4.61. The minimum Gasteiger partial charge on any atom is -0.493 e. The smallest absolute Gasteiger partial charge is 0.179 e. The van der Waals surface area contributed by atoms with Crippen molar-refractivity contribution in [1.82, 2.24) is 5.32 Å². The van der Waals surface area contributed by atoms with Gasteiger partial charge in [0, 0.05) is 6.54 Å². The molecule has 0 amide bonds. The van der Waals surface area contributed by atoms with E-state index in [1.165, 1.54) is 0 Å². The van der Waals surface area contributed by atoms with E-state index in [-0.39, 0.29) is 12.6 Å². The molecule has 2 aromatic carbocycles. The van der Waals surface area contributed by atoms with Crippen LogP contribution in [0.25, 0.3) is 0 Å². The Morgan fingerprint density at radius 2 is 1.96 bits per heavy atom. The first-order chi connectivity index (χ1) is 11.2. The second-order valence-corrected chi connectivity index (χ2v) is 5.48. The lowest BCUT2D eigenvalue weighted by molar-refractivity contribution is 0.243. The third-order valence-electron chi connectivity index (χ3n) is 3.52. The predicted molar refractivity (Wildman–Crippen MR) is 92.3 cm³/mol. The second-order valence-electron chi connectivity index (χ2n) is 5.07. The molecular weight excluding hydrogens is 314 g/mol. The molecule has 0 fully saturated rings. The average molecular weight is 336 g/mol. The zero-order valence-electron chi connectivity index (χ0n) is 13.4. The average Bonchev–Trinajstić information content (AvgIpc) is 2.58. The first-order valence-electron chi connectivity index (χ1n) is 7.58. The largest absolute Gasteiger partial charge is 0.493 e. The van der Waals surface area contributed by atoms with Crippen LogP contribution in [0.15, 0.2) is 42.5 Å². The van der Waals surface area contributed by atoms with Crippen LogP contribution in [-0.4, -0.2) is 25.4 Å². The first kappa shape index (κ1) is 17.6. The topological polar surface area (TPSA) is 50.7 Å². The molecule has 2 rings (SSSR count). The van der Waals surface area contributed by atoms with E-state index in [1.54, 1.807) is 7.11 Å². The number of nitrogens with one attached hydrogen (secondary N) is 1. The van der Waals surface area contributed by atoms with Crippen LogP contribution in [0.2, 0.25) is 5.02 Å². The van der Waals surface area contributed by atoms with Gasteiger partial charge in [0.25, 0.3) is 0 Å². The van der Waals surface area contributed by atoms with Crippen molar-refractivity contribution < 1.29 is 14.6 Å². The monoisotopic (exact) mass is 335 g/mol. The van der Waals surface area contributed by atoms with Gasteiger partial charge in [0.1, 0.15) is 0 Å². The van der Waals surface area contributed by atoms with Crippen molar-refractivity contribution in [3.63, 3.8) is 0 Å². The predicted octanol–water partition coefficient (Wildman–Crippen LogP) is 3.57. The Hall–Kier alpha value is -1.75. The molecule has 0 aromatic heterocycles. The molecule has 5 heteroatoms. The normalized spacial score (nSPS) is 12.0. The van der Waals surface area contributed by atoms with Gasteiger partial charge in [-0.1, -0.05) is 41.9 Å². The zero-order valence-corrected chi connectivity index (χ0v) is 14.1. The summed E-state index contributed by atoms with van der Waals surface area (Å²) in [6.45, 7) is 3.00. The number of rotatable bonds is 8. The molecule has 2 aromatic rings. The SMILES string of the molecule is CCOc1c(Cl)cc(CNC(CO)c2ccccc2)cc1OC. The Balaban J connectivity index is 2.12. The number of aliphatic hydroxyl groups is 1. The summed E-state index contributed by atoms with van der Waals surface area (Å²) in [6.07, 6.45) is 0. The van der Waals surface area contributed by atoms with Gasteiger partial charge in [0.05, 0.1) is 31.4 Å². The fraction of sp³-hybridized carbons (Fsp3) is 0.333. The summed E-state index contributed by atoms with van der Waals surface area (Å²) in [7, 11) is 1.59.